The zero-order valence-corrected chi connectivity index (χ0v) is 11.6. The molecule has 1 N–H and O–H groups in total. The zero-order valence-electron chi connectivity index (χ0n) is 11.6. The molecule has 0 unspecified atom stereocenters. The van der Waals surface area contributed by atoms with Crippen molar-refractivity contribution >= 4 is 11.9 Å². The minimum atomic E-state index is -1.05. The fourth-order valence-electron chi connectivity index (χ4n) is 1.67. The number of aryl methyl sites for hydroxylation is 2. The van der Waals surface area contributed by atoms with Crippen LogP contribution >= 0.6 is 0 Å². The first-order valence-electron chi connectivity index (χ1n) is 6.02. The van der Waals surface area contributed by atoms with Crippen LogP contribution in [0, 0.1) is 13.8 Å². The van der Waals surface area contributed by atoms with Crippen molar-refractivity contribution in [3.8, 4) is 5.75 Å². The van der Waals surface area contributed by atoms with Crippen LogP contribution in [0.25, 0.3) is 0 Å². The molecule has 5 nitrogen and oxygen atoms in total. The molecular weight excluding hydrogens is 246 g/mol. The smallest absolute Gasteiger partial charge is 0.323 e. The van der Waals surface area contributed by atoms with E-state index in [0.29, 0.717) is 5.75 Å². The summed E-state index contributed by atoms with van der Waals surface area (Å²) in [7, 11) is 1.44. The van der Waals surface area contributed by atoms with Gasteiger partial charge in [0.1, 0.15) is 12.3 Å². The van der Waals surface area contributed by atoms with E-state index in [0.717, 1.165) is 16.0 Å². The molecule has 0 aliphatic heterocycles. The van der Waals surface area contributed by atoms with Crippen LogP contribution < -0.4 is 4.74 Å². The van der Waals surface area contributed by atoms with Gasteiger partial charge in [0.05, 0.1) is 0 Å². The summed E-state index contributed by atoms with van der Waals surface area (Å²) in [5.74, 6) is -0.761. The zero-order chi connectivity index (χ0) is 14.6. The number of aliphatic carboxylic acids is 1. The Morgan fingerprint density at radius 3 is 2.58 bits per heavy atom. The van der Waals surface area contributed by atoms with Crippen molar-refractivity contribution < 1.29 is 19.4 Å². The van der Waals surface area contributed by atoms with Gasteiger partial charge in [-0.05, 0) is 38.0 Å². The molecule has 0 spiro atoms. The summed E-state index contributed by atoms with van der Waals surface area (Å²) in [5, 5.41) is 8.65. The number of likely N-dealkylation sites (N-methyl/N-ethyl adjacent to an activating group) is 1. The van der Waals surface area contributed by atoms with Crippen molar-refractivity contribution in [2.75, 3.05) is 13.6 Å². The van der Waals surface area contributed by atoms with E-state index >= 15 is 0 Å². The van der Waals surface area contributed by atoms with Crippen molar-refractivity contribution in [1.29, 1.82) is 0 Å². The summed E-state index contributed by atoms with van der Waals surface area (Å²) in [6.45, 7) is 5.12. The fourth-order valence-corrected chi connectivity index (χ4v) is 1.67. The summed E-state index contributed by atoms with van der Waals surface area (Å²) < 4.78 is 5.61. The summed E-state index contributed by atoms with van der Waals surface area (Å²) in [6, 6.07) is 5.74. The Labute approximate surface area is 112 Å². The number of hydrogen-bond donors (Lipinski definition) is 1. The number of carboxylic acids is 1. The average molecular weight is 265 g/mol. The van der Waals surface area contributed by atoms with Crippen molar-refractivity contribution in [3.63, 3.8) is 0 Å². The lowest BCUT2D eigenvalue weighted by molar-refractivity contribution is -0.146. The van der Waals surface area contributed by atoms with E-state index in [1.54, 1.807) is 6.92 Å². The van der Waals surface area contributed by atoms with Crippen molar-refractivity contribution in [1.82, 2.24) is 4.90 Å². The number of benzene rings is 1. The van der Waals surface area contributed by atoms with Gasteiger partial charge in [0.2, 0.25) is 0 Å². The topological polar surface area (TPSA) is 66.8 Å². The van der Waals surface area contributed by atoms with Crippen LogP contribution in [0.15, 0.2) is 18.2 Å². The number of hydrogen-bond acceptors (Lipinski definition) is 3. The van der Waals surface area contributed by atoms with Gasteiger partial charge in [-0.3, -0.25) is 9.59 Å². The van der Waals surface area contributed by atoms with Crippen molar-refractivity contribution in [2.45, 2.75) is 26.9 Å². The monoisotopic (exact) mass is 265 g/mol. The van der Waals surface area contributed by atoms with Crippen LogP contribution in [0.1, 0.15) is 18.1 Å². The molecule has 1 rings (SSSR count). The van der Waals surface area contributed by atoms with Gasteiger partial charge in [-0.25, -0.2) is 0 Å². The third-order valence-corrected chi connectivity index (χ3v) is 2.74. The Morgan fingerprint density at radius 2 is 2.00 bits per heavy atom. The average Bonchev–Trinajstić information content (AvgIpc) is 2.31. The molecular formula is C14H19NO4. The molecule has 1 aromatic rings. The van der Waals surface area contributed by atoms with Gasteiger partial charge >= 0.3 is 5.97 Å². The van der Waals surface area contributed by atoms with Crippen molar-refractivity contribution in [3.05, 3.63) is 29.3 Å². The molecule has 0 aromatic heterocycles. The van der Waals surface area contributed by atoms with E-state index in [-0.39, 0.29) is 12.5 Å². The van der Waals surface area contributed by atoms with Gasteiger partial charge in [0.15, 0.2) is 6.10 Å². The molecule has 1 aromatic carbocycles. The van der Waals surface area contributed by atoms with Crippen LogP contribution in [0.5, 0.6) is 5.75 Å². The quantitative estimate of drug-likeness (QED) is 0.878. The van der Waals surface area contributed by atoms with E-state index in [1.807, 2.05) is 32.0 Å². The second-order valence-corrected chi connectivity index (χ2v) is 4.62. The van der Waals surface area contributed by atoms with E-state index < -0.39 is 12.1 Å². The molecule has 0 aliphatic rings. The molecule has 104 valence electrons. The van der Waals surface area contributed by atoms with Gasteiger partial charge < -0.3 is 14.7 Å². The summed E-state index contributed by atoms with van der Waals surface area (Å²) in [4.78, 5) is 23.6. The largest absolute Gasteiger partial charge is 0.481 e. The van der Waals surface area contributed by atoms with Crippen LogP contribution in [-0.4, -0.2) is 41.6 Å². The van der Waals surface area contributed by atoms with Gasteiger partial charge in [0.25, 0.3) is 5.91 Å². The van der Waals surface area contributed by atoms with Gasteiger partial charge in [-0.2, -0.15) is 0 Å². The normalized spacial score (nSPS) is 11.8. The first-order chi connectivity index (χ1) is 8.81. The maximum Gasteiger partial charge on any atom is 0.323 e. The number of ether oxygens (including phenoxy) is 1. The lowest BCUT2D eigenvalue weighted by atomic mass is 10.1. The number of rotatable bonds is 5. The van der Waals surface area contributed by atoms with E-state index in [4.69, 9.17) is 9.84 Å². The molecule has 5 heteroatoms. The standard InChI is InChI=1S/C14H19NO4/c1-9-5-6-10(2)12(7-9)19-11(3)14(18)15(4)8-13(16)17/h5-7,11H,8H2,1-4H3,(H,16,17)/t11-/m0/s1. The number of carboxylic acid groups (broad SMARTS) is 1. The van der Waals surface area contributed by atoms with Crippen LogP contribution in [0.3, 0.4) is 0 Å². The van der Waals surface area contributed by atoms with Crippen molar-refractivity contribution in [2.24, 2.45) is 0 Å². The number of nitrogens with zero attached hydrogens (tertiary/aromatic N) is 1. The molecule has 1 amide bonds. The van der Waals surface area contributed by atoms with Gasteiger partial charge in [-0.1, -0.05) is 12.1 Å². The molecule has 0 saturated heterocycles. The lowest BCUT2D eigenvalue weighted by Crippen LogP contribution is -2.40. The van der Waals surface area contributed by atoms with E-state index in [2.05, 4.69) is 0 Å². The molecule has 0 radical (unpaired) electrons. The van der Waals surface area contributed by atoms with Gasteiger partial charge in [-0.15, -0.1) is 0 Å². The lowest BCUT2D eigenvalue weighted by Gasteiger charge is -2.21. The highest BCUT2D eigenvalue weighted by molar-refractivity contribution is 5.84. The van der Waals surface area contributed by atoms with Crippen LogP contribution in [0.4, 0.5) is 0 Å². The van der Waals surface area contributed by atoms with Crippen LogP contribution in [0.2, 0.25) is 0 Å². The fraction of sp³-hybridized carbons (Fsp3) is 0.429. The highest BCUT2D eigenvalue weighted by atomic mass is 16.5. The summed E-state index contributed by atoms with van der Waals surface area (Å²) >= 11 is 0. The summed E-state index contributed by atoms with van der Waals surface area (Å²) in [5.41, 5.74) is 1.98. The Balaban J connectivity index is 2.73. The summed E-state index contributed by atoms with van der Waals surface area (Å²) in [6.07, 6.45) is -0.718. The van der Waals surface area contributed by atoms with E-state index in [1.165, 1.54) is 7.05 Å². The highest BCUT2D eigenvalue weighted by Gasteiger charge is 2.21. The highest BCUT2D eigenvalue weighted by Crippen LogP contribution is 2.20. The Kier molecular flexibility index (Phi) is 4.92. The Bertz CT molecular complexity index is 484. The third-order valence-electron chi connectivity index (χ3n) is 2.74. The molecule has 1 atom stereocenters. The SMILES string of the molecule is Cc1ccc(C)c(O[C@@H](C)C(=O)N(C)CC(=O)O)c1. The van der Waals surface area contributed by atoms with Crippen LogP contribution in [-0.2, 0) is 9.59 Å². The number of amides is 1. The predicted molar refractivity (Wildman–Crippen MR) is 71.3 cm³/mol. The first-order valence-corrected chi connectivity index (χ1v) is 6.02. The maximum atomic E-state index is 11.9. The molecule has 0 heterocycles. The Morgan fingerprint density at radius 1 is 1.37 bits per heavy atom. The van der Waals surface area contributed by atoms with E-state index in [9.17, 15) is 9.59 Å². The number of carbonyl (C=O) groups excluding carboxylic acids is 1. The second-order valence-electron chi connectivity index (χ2n) is 4.62. The minimum absolute atomic E-state index is 0.334. The maximum absolute atomic E-state index is 11.9. The molecule has 0 fully saturated rings. The first kappa shape index (κ1) is 15.0. The number of carbonyl (C=O) groups is 2. The third kappa shape index (κ3) is 4.28. The van der Waals surface area contributed by atoms with Gasteiger partial charge in [0, 0.05) is 7.05 Å². The molecule has 0 bridgehead atoms. The molecule has 0 saturated carbocycles. The second kappa shape index (κ2) is 6.22. The predicted octanol–water partition coefficient (Wildman–Crippen LogP) is 1.61. The Hall–Kier alpha value is -2.04. The minimum Gasteiger partial charge on any atom is -0.481 e. The molecule has 19 heavy (non-hydrogen) atoms. The molecule has 0 aliphatic carbocycles.